The standard InChI is InChI=1S/C14H21N3O2/c1-11(18)12-5-4-6-13(9-12)16-10-14(19)15-7-8-17(2)3/h4-6,9,16H,7-8,10H2,1-3H3,(H,15,19). The van der Waals surface area contributed by atoms with E-state index in [0.717, 1.165) is 12.2 Å². The minimum atomic E-state index is -0.0601. The average Bonchev–Trinajstić information content (AvgIpc) is 2.36. The van der Waals surface area contributed by atoms with Crippen LogP contribution < -0.4 is 10.6 Å². The molecule has 0 fully saturated rings. The van der Waals surface area contributed by atoms with Gasteiger partial charge in [0.15, 0.2) is 5.78 Å². The second kappa shape index (κ2) is 7.53. The summed E-state index contributed by atoms with van der Waals surface area (Å²) < 4.78 is 0. The largest absolute Gasteiger partial charge is 0.376 e. The molecule has 0 saturated carbocycles. The Hall–Kier alpha value is -1.88. The molecule has 1 aromatic rings. The first-order valence-corrected chi connectivity index (χ1v) is 6.25. The maximum Gasteiger partial charge on any atom is 0.239 e. The minimum absolute atomic E-state index is 0.0130. The molecule has 0 atom stereocenters. The molecule has 0 aromatic heterocycles. The summed E-state index contributed by atoms with van der Waals surface area (Å²) in [6.07, 6.45) is 0. The van der Waals surface area contributed by atoms with Crippen LogP contribution in [-0.4, -0.2) is 50.3 Å². The fraction of sp³-hybridized carbons (Fsp3) is 0.429. The Bertz CT molecular complexity index is 444. The number of nitrogens with zero attached hydrogens (tertiary/aromatic N) is 1. The van der Waals surface area contributed by atoms with Gasteiger partial charge in [0.05, 0.1) is 6.54 Å². The van der Waals surface area contributed by atoms with E-state index in [-0.39, 0.29) is 18.2 Å². The van der Waals surface area contributed by atoms with Crippen LogP contribution in [0.2, 0.25) is 0 Å². The zero-order valence-electron chi connectivity index (χ0n) is 11.7. The molecule has 5 heteroatoms. The molecule has 0 aliphatic rings. The summed E-state index contributed by atoms with van der Waals surface area (Å²) in [5.74, 6) is -0.0471. The highest BCUT2D eigenvalue weighted by molar-refractivity contribution is 5.95. The number of benzene rings is 1. The van der Waals surface area contributed by atoms with Gasteiger partial charge in [-0.25, -0.2) is 0 Å². The zero-order valence-corrected chi connectivity index (χ0v) is 11.7. The molecule has 0 bridgehead atoms. The molecule has 104 valence electrons. The van der Waals surface area contributed by atoms with Crippen LogP contribution in [-0.2, 0) is 4.79 Å². The van der Waals surface area contributed by atoms with Crippen molar-refractivity contribution in [1.29, 1.82) is 0 Å². The second-order valence-electron chi connectivity index (χ2n) is 4.64. The van der Waals surface area contributed by atoms with Crippen molar-refractivity contribution < 1.29 is 9.59 Å². The van der Waals surface area contributed by atoms with Crippen molar-refractivity contribution in [3.8, 4) is 0 Å². The van der Waals surface area contributed by atoms with E-state index >= 15 is 0 Å². The van der Waals surface area contributed by atoms with Crippen molar-refractivity contribution >= 4 is 17.4 Å². The Morgan fingerprint density at radius 1 is 1.26 bits per heavy atom. The zero-order chi connectivity index (χ0) is 14.3. The van der Waals surface area contributed by atoms with E-state index in [9.17, 15) is 9.59 Å². The van der Waals surface area contributed by atoms with Gasteiger partial charge in [-0.15, -0.1) is 0 Å². The molecule has 0 aliphatic heterocycles. The first-order chi connectivity index (χ1) is 8.99. The Morgan fingerprint density at radius 2 is 2.00 bits per heavy atom. The van der Waals surface area contributed by atoms with Crippen molar-refractivity contribution in [1.82, 2.24) is 10.2 Å². The van der Waals surface area contributed by atoms with Crippen LogP contribution in [0.5, 0.6) is 0 Å². The first kappa shape index (κ1) is 15.2. The van der Waals surface area contributed by atoms with Crippen LogP contribution in [0.1, 0.15) is 17.3 Å². The molecule has 1 rings (SSSR count). The molecular weight excluding hydrogens is 242 g/mol. The molecule has 5 nitrogen and oxygen atoms in total. The molecule has 0 spiro atoms. The highest BCUT2D eigenvalue weighted by Crippen LogP contribution is 2.10. The van der Waals surface area contributed by atoms with E-state index in [1.54, 1.807) is 18.2 Å². The minimum Gasteiger partial charge on any atom is -0.376 e. The van der Waals surface area contributed by atoms with Crippen LogP contribution in [0.4, 0.5) is 5.69 Å². The van der Waals surface area contributed by atoms with Gasteiger partial charge in [-0.1, -0.05) is 12.1 Å². The predicted octanol–water partition coefficient (Wildman–Crippen LogP) is 0.979. The van der Waals surface area contributed by atoms with E-state index in [1.165, 1.54) is 6.92 Å². The van der Waals surface area contributed by atoms with Crippen molar-refractivity contribution in [2.24, 2.45) is 0 Å². The number of anilines is 1. The molecule has 0 heterocycles. The summed E-state index contributed by atoms with van der Waals surface area (Å²) in [6, 6.07) is 7.13. The van der Waals surface area contributed by atoms with E-state index in [0.29, 0.717) is 12.1 Å². The van der Waals surface area contributed by atoms with Gasteiger partial charge in [-0.2, -0.15) is 0 Å². The van der Waals surface area contributed by atoms with Crippen LogP contribution in [0.15, 0.2) is 24.3 Å². The number of carbonyl (C=O) groups is 2. The Labute approximate surface area is 114 Å². The van der Waals surface area contributed by atoms with Gasteiger partial charge in [0.1, 0.15) is 0 Å². The summed E-state index contributed by atoms with van der Waals surface area (Å²) in [5.41, 5.74) is 1.41. The lowest BCUT2D eigenvalue weighted by Gasteiger charge is -2.11. The summed E-state index contributed by atoms with van der Waals surface area (Å²) in [4.78, 5) is 24.8. The predicted molar refractivity (Wildman–Crippen MR) is 76.5 cm³/mol. The van der Waals surface area contributed by atoms with Crippen LogP contribution in [0.25, 0.3) is 0 Å². The van der Waals surface area contributed by atoms with Gasteiger partial charge in [-0.05, 0) is 33.2 Å². The van der Waals surface area contributed by atoms with Gasteiger partial charge in [0, 0.05) is 24.3 Å². The number of likely N-dealkylation sites (N-methyl/N-ethyl adjacent to an activating group) is 1. The maximum absolute atomic E-state index is 11.6. The average molecular weight is 263 g/mol. The van der Waals surface area contributed by atoms with Crippen molar-refractivity contribution in [2.75, 3.05) is 39.0 Å². The molecule has 0 unspecified atom stereocenters. The molecule has 0 aliphatic carbocycles. The fourth-order valence-corrected chi connectivity index (χ4v) is 1.51. The van der Waals surface area contributed by atoms with E-state index in [4.69, 9.17) is 0 Å². The Kier molecular flexibility index (Phi) is 6.02. The highest BCUT2D eigenvalue weighted by atomic mass is 16.2. The number of nitrogens with one attached hydrogen (secondary N) is 2. The Morgan fingerprint density at radius 3 is 2.63 bits per heavy atom. The van der Waals surface area contributed by atoms with E-state index in [1.807, 2.05) is 25.1 Å². The summed E-state index contributed by atoms with van der Waals surface area (Å²) >= 11 is 0. The van der Waals surface area contributed by atoms with E-state index < -0.39 is 0 Å². The van der Waals surface area contributed by atoms with Gasteiger partial charge >= 0.3 is 0 Å². The van der Waals surface area contributed by atoms with Gasteiger partial charge in [0.2, 0.25) is 5.91 Å². The second-order valence-corrected chi connectivity index (χ2v) is 4.64. The first-order valence-electron chi connectivity index (χ1n) is 6.25. The number of ketones is 1. The topological polar surface area (TPSA) is 61.4 Å². The fourth-order valence-electron chi connectivity index (χ4n) is 1.51. The van der Waals surface area contributed by atoms with Crippen molar-refractivity contribution in [2.45, 2.75) is 6.92 Å². The lowest BCUT2D eigenvalue weighted by Crippen LogP contribution is -2.35. The van der Waals surface area contributed by atoms with Crippen LogP contribution >= 0.6 is 0 Å². The van der Waals surface area contributed by atoms with E-state index in [2.05, 4.69) is 10.6 Å². The number of hydrogen-bond donors (Lipinski definition) is 2. The third kappa shape index (κ3) is 6.01. The SMILES string of the molecule is CC(=O)c1cccc(NCC(=O)NCCN(C)C)c1. The summed E-state index contributed by atoms with van der Waals surface area (Å²) in [7, 11) is 3.91. The van der Waals surface area contributed by atoms with Crippen molar-refractivity contribution in [3.63, 3.8) is 0 Å². The number of amides is 1. The summed E-state index contributed by atoms with van der Waals surface area (Å²) in [5, 5.41) is 5.81. The molecule has 2 N–H and O–H groups in total. The van der Waals surface area contributed by atoms with Gasteiger partial charge in [-0.3, -0.25) is 9.59 Å². The monoisotopic (exact) mass is 263 g/mol. The van der Waals surface area contributed by atoms with Crippen molar-refractivity contribution in [3.05, 3.63) is 29.8 Å². The summed E-state index contributed by atoms with van der Waals surface area (Å²) in [6.45, 7) is 3.16. The number of carbonyl (C=O) groups excluding carboxylic acids is 2. The number of hydrogen-bond acceptors (Lipinski definition) is 4. The molecule has 19 heavy (non-hydrogen) atoms. The highest BCUT2D eigenvalue weighted by Gasteiger charge is 2.03. The lowest BCUT2D eigenvalue weighted by molar-refractivity contribution is -0.119. The molecule has 1 amide bonds. The normalized spacial score (nSPS) is 10.3. The lowest BCUT2D eigenvalue weighted by atomic mass is 10.1. The number of Topliss-reactive ketones (excluding diaryl/α,β-unsaturated/α-hetero) is 1. The van der Waals surface area contributed by atoms with Gasteiger partial charge < -0.3 is 15.5 Å². The smallest absolute Gasteiger partial charge is 0.239 e. The molecule has 0 saturated heterocycles. The molecule has 0 radical (unpaired) electrons. The van der Waals surface area contributed by atoms with Gasteiger partial charge in [0.25, 0.3) is 0 Å². The quantitative estimate of drug-likeness (QED) is 0.720. The number of rotatable bonds is 7. The molecular formula is C14H21N3O2. The Balaban J connectivity index is 2.37. The molecule has 1 aromatic carbocycles. The third-order valence-corrected chi connectivity index (χ3v) is 2.60. The third-order valence-electron chi connectivity index (χ3n) is 2.60. The maximum atomic E-state index is 11.6. The van der Waals surface area contributed by atoms with Crippen LogP contribution in [0.3, 0.4) is 0 Å². The van der Waals surface area contributed by atoms with Crippen LogP contribution in [0, 0.1) is 0 Å².